The Balaban J connectivity index is 1.72. The van der Waals surface area contributed by atoms with Gasteiger partial charge in [-0.1, -0.05) is 75.6 Å². The Morgan fingerprint density at radius 3 is 2.21 bits per heavy atom. The van der Waals surface area contributed by atoms with E-state index in [-0.39, 0.29) is 18.1 Å². The Hall–Kier alpha value is -2.86. The van der Waals surface area contributed by atoms with Crippen molar-refractivity contribution < 1.29 is 29.1 Å². The van der Waals surface area contributed by atoms with Gasteiger partial charge >= 0.3 is 12.1 Å². The smallest absolute Gasteiger partial charge is 0.432 e. The van der Waals surface area contributed by atoms with Gasteiger partial charge in [-0.3, -0.25) is 4.89 Å². The highest BCUT2D eigenvalue weighted by molar-refractivity contribution is 5.89. The van der Waals surface area contributed by atoms with Gasteiger partial charge in [-0.2, -0.15) is 0 Å². The van der Waals surface area contributed by atoms with Gasteiger partial charge in [0.1, 0.15) is 0 Å². The van der Waals surface area contributed by atoms with Crippen LogP contribution in [-0.2, 0) is 19.6 Å². The van der Waals surface area contributed by atoms with Crippen LogP contribution in [0.3, 0.4) is 0 Å². The highest BCUT2D eigenvalue weighted by atomic mass is 17.5. The molecule has 0 aliphatic heterocycles. The zero-order valence-corrected chi connectivity index (χ0v) is 16.3. The molecule has 0 fully saturated rings. The van der Waals surface area contributed by atoms with E-state index in [1.165, 1.54) is 0 Å². The van der Waals surface area contributed by atoms with E-state index in [4.69, 9.17) is 4.74 Å². The largest absolute Gasteiger partial charge is 0.543 e. The van der Waals surface area contributed by atoms with E-state index in [9.17, 15) is 9.59 Å². The molecule has 1 unspecified atom stereocenters. The first-order valence-corrected chi connectivity index (χ1v) is 9.51. The summed E-state index contributed by atoms with van der Waals surface area (Å²) in [4.78, 5) is 32.2. The van der Waals surface area contributed by atoms with Crippen molar-refractivity contribution in [2.45, 2.75) is 39.5 Å². The first-order chi connectivity index (χ1) is 13.6. The van der Waals surface area contributed by atoms with E-state index in [0.717, 1.165) is 36.8 Å². The van der Waals surface area contributed by atoms with Crippen molar-refractivity contribution in [3.05, 3.63) is 60.2 Å². The van der Waals surface area contributed by atoms with Crippen molar-refractivity contribution in [3.63, 3.8) is 0 Å². The molecule has 1 atom stereocenters. The summed E-state index contributed by atoms with van der Waals surface area (Å²) in [5, 5.41) is 4.25. The van der Waals surface area contributed by atoms with Crippen molar-refractivity contribution in [3.8, 4) is 11.1 Å². The zero-order chi connectivity index (χ0) is 20.2. The molecule has 0 radical (unpaired) electrons. The van der Waals surface area contributed by atoms with Crippen LogP contribution in [0.5, 0.6) is 0 Å². The van der Waals surface area contributed by atoms with Crippen LogP contribution in [0.4, 0.5) is 4.79 Å². The van der Waals surface area contributed by atoms with Crippen molar-refractivity contribution in [2.75, 3.05) is 6.61 Å². The molecule has 0 aliphatic rings. The fraction of sp³-hybridized carbons (Fsp3) is 0.364. The lowest BCUT2D eigenvalue weighted by molar-refractivity contribution is -0.452. The van der Waals surface area contributed by atoms with Gasteiger partial charge in [-0.05, 0) is 35.6 Å². The van der Waals surface area contributed by atoms with Crippen LogP contribution in [0.2, 0.25) is 0 Å². The highest BCUT2D eigenvalue weighted by Gasteiger charge is 2.14. The second kappa shape index (κ2) is 11.8. The molecular formula is C22H26O6. The number of rotatable bonds is 10. The van der Waals surface area contributed by atoms with Gasteiger partial charge in [-0.25, -0.2) is 14.5 Å². The van der Waals surface area contributed by atoms with Crippen molar-refractivity contribution >= 4 is 12.1 Å². The van der Waals surface area contributed by atoms with Crippen LogP contribution in [-0.4, -0.2) is 18.7 Å². The van der Waals surface area contributed by atoms with Crippen LogP contribution < -0.4 is 0 Å². The fourth-order valence-corrected chi connectivity index (χ4v) is 2.66. The standard InChI is InChI=1S/C22H26O6/c1-3-5-9-17(4-2)16-25-22(24)27-28-26-21(23)20-14-12-19(13-15-20)18-10-7-6-8-11-18/h6-8,10-15,17H,3-5,9,16H2,1-2H3. The average molecular weight is 386 g/mol. The first kappa shape index (κ1) is 21.4. The maximum atomic E-state index is 11.9. The highest BCUT2D eigenvalue weighted by Crippen LogP contribution is 2.19. The lowest BCUT2D eigenvalue weighted by atomic mass is 10.0. The summed E-state index contributed by atoms with van der Waals surface area (Å²) in [7, 11) is 0. The van der Waals surface area contributed by atoms with Gasteiger partial charge in [-0.15, -0.1) is 0 Å². The lowest BCUT2D eigenvalue weighted by Crippen LogP contribution is -2.16. The molecule has 0 bridgehead atoms. The Labute approximate surface area is 165 Å². The number of hydrogen-bond donors (Lipinski definition) is 0. The summed E-state index contributed by atoms with van der Waals surface area (Å²) in [6.45, 7) is 4.39. The minimum atomic E-state index is -1.04. The molecule has 150 valence electrons. The Morgan fingerprint density at radius 1 is 0.893 bits per heavy atom. The molecule has 0 saturated heterocycles. The molecule has 0 aliphatic carbocycles. The van der Waals surface area contributed by atoms with Gasteiger partial charge in [0.15, 0.2) is 0 Å². The summed E-state index contributed by atoms with van der Waals surface area (Å²) in [6, 6.07) is 16.6. The predicted octanol–water partition coefficient (Wildman–Crippen LogP) is 5.73. The van der Waals surface area contributed by atoms with Gasteiger partial charge in [0.2, 0.25) is 0 Å². The molecule has 2 aromatic rings. The maximum Gasteiger partial charge on any atom is 0.543 e. The Morgan fingerprint density at radius 2 is 1.57 bits per heavy atom. The molecule has 6 nitrogen and oxygen atoms in total. The third kappa shape index (κ3) is 7.04. The van der Waals surface area contributed by atoms with Crippen LogP contribution in [0.15, 0.2) is 54.6 Å². The number of ether oxygens (including phenoxy) is 1. The molecule has 0 spiro atoms. The zero-order valence-electron chi connectivity index (χ0n) is 16.3. The number of hydrogen-bond acceptors (Lipinski definition) is 6. The molecule has 0 heterocycles. The second-order valence-electron chi connectivity index (χ2n) is 6.44. The minimum absolute atomic E-state index is 0.244. The molecular weight excluding hydrogens is 360 g/mol. The summed E-state index contributed by atoms with van der Waals surface area (Å²) in [5.74, 6) is -0.500. The molecule has 2 aromatic carbocycles. The van der Waals surface area contributed by atoms with E-state index >= 15 is 0 Å². The summed E-state index contributed by atoms with van der Waals surface area (Å²) in [5.41, 5.74) is 2.27. The van der Waals surface area contributed by atoms with Gasteiger partial charge in [0, 0.05) is 0 Å². The fourth-order valence-electron chi connectivity index (χ4n) is 2.66. The topological polar surface area (TPSA) is 71.1 Å². The molecule has 0 N–H and O–H groups in total. The Bertz CT molecular complexity index is 726. The summed E-state index contributed by atoms with van der Waals surface area (Å²) < 4.78 is 4.97. The SMILES string of the molecule is CCCCC(CC)COC(=O)OOOC(=O)c1ccc(-c2ccccc2)cc1. The monoisotopic (exact) mass is 386 g/mol. The van der Waals surface area contributed by atoms with Crippen LogP contribution in [0.1, 0.15) is 49.9 Å². The molecule has 2 rings (SSSR count). The number of carbonyl (C=O) groups is 2. The number of unbranched alkanes of at least 4 members (excludes halogenated alkanes) is 1. The van der Waals surface area contributed by atoms with E-state index < -0.39 is 12.1 Å². The number of benzene rings is 2. The predicted molar refractivity (Wildman–Crippen MR) is 104 cm³/mol. The third-order valence-corrected chi connectivity index (χ3v) is 4.42. The lowest BCUT2D eigenvalue weighted by Gasteiger charge is -2.13. The van der Waals surface area contributed by atoms with E-state index in [2.05, 4.69) is 21.7 Å². The second-order valence-corrected chi connectivity index (χ2v) is 6.44. The summed E-state index contributed by atoms with van der Waals surface area (Å²) in [6.07, 6.45) is 3.01. The maximum absolute atomic E-state index is 11.9. The average Bonchev–Trinajstić information content (AvgIpc) is 2.74. The van der Waals surface area contributed by atoms with Crippen LogP contribution in [0, 0.1) is 5.92 Å². The quantitative estimate of drug-likeness (QED) is 0.295. The molecule has 0 aromatic heterocycles. The Kier molecular flexibility index (Phi) is 9.01. The molecule has 6 heteroatoms. The molecule has 0 amide bonds. The van der Waals surface area contributed by atoms with Crippen molar-refractivity contribution in [1.82, 2.24) is 0 Å². The third-order valence-electron chi connectivity index (χ3n) is 4.42. The van der Waals surface area contributed by atoms with E-state index in [1.54, 1.807) is 24.3 Å². The first-order valence-electron chi connectivity index (χ1n) is 9.51. The molecule has 28 heavy (non-hydrogen) atoms. The van der Waals surface area contributed by atoms with E-state index in [0.29, 0.717) is 0 Å². The van der Waals surface area contributed by atoms with Gasteiger partial charge < -0.3 is 4.74 Å². The van der Waals surface area contributed by atoms with E-state index in [1.807, 2.05) is 37.3 Å². The van der Waals surface area contributed by atoms with Crippen LogP contribution >= 0.6 is 0 Å². The van der Waals surface area contributed by atoms with Crippen molar-refractivity contribution in [2.24, 2.45) is 5.92 Å². The number of carbonyl (C=O) groups excluding carboxylic acids is 2. The van der Waals surface area contributed by atoms with Crippen LogP contribution in [0.25, 0.3) is 11.1 Å². The molecule has 0 saturated carbocycles. The van der Waals surface area contributed by atoms with Gasteiger partial charge in [0.25, 0.3) is 0 Å². The normalized spacial score (nSPS) is 11.5. The van der Waals surface area contributed by atoms with Gasteiger partial charge in [0.05, 0.1) is 17.2 Å². The minimum Gasteiger partial charge on any atom is -0.432 e. The van der Waals surface area contributed by atoms with Crippen molar-refractivity contribution in [1.29, 1.82) is 0 Å². The summed E-state index contributed by atoms with van der Waals surface area (Å²) >= 11 is 0.